The quantitative estimate of drug-likeness (QED) is 0.802. The molecule has 5 heteroatoms. The summed E-state index contributed by atoms with van der Waals surface area (Å²) >= 11 is 0. The second kappa shape index (κ2) is 6.47. The maximum Gasteiger partial charge on any atom is 0.251 e. The Kier molecular flexibility index (Phi) is 5.25. The van der Waals surface area contributed by atoms with E-state index in [0.29, 0.717) is 13.2 Å². The van der Waals surface area contributed by atoms with Gasteiger partial charge in [-0.15, -0.1) is 12.4 Å². The zero-order valence-corrected chi connectivity index (χ0v) is 10.6. The van der Waals surface area contributed by atoms with E-state index in [4.69, 9.17) is 4.74 Å². The summed E-state index contributed by atoms with van der Waals surface area (Å²) in [5.41, 5.74) is 3.09. The molecule has 0 saturated carbocycles. The highest BCUT2D eigenvalue weighted by Crippen LogP contribution is 2.22. The first kappa shape index (κ1) is 13.8. The first-order chi connectivity index (χ1) is 7.81. The van der Waals surface area contributed by atoms with Crippen molar-refractivity contribution in [3.05, 3.63) is 29.3 Å². The fraction of sp³-hybridized carbons (Fsp3) is 0.417. The third-order valence-electron chi connectivity index (χ3n) is 2.67. The number of hydrogen-bond acceptors (Lipinski definition) is 3. The lowest BCUT2D eigenvalue weighted by molar-refractivity contribution is 0.0937. The van der Waals surface area contributed by atoms with E-state index in [-0.39, 0.29) is 18.3 Å². The smallest absolute Gasteiger partial charge is 0.251 e. The Balaban J connectivity index is 0.00000144. The van der Waals surface area contributed by atoms with Gasteiger partial charge in [0, 0.05) is 31.5 Å². The first-order valence-electron chi connectivity index (χ1n) is 5.45. The van der Waals surface area contributed by atoms with Crippen molar-refractivity contribution in [1.29, 1.82) is 0 Å². The second-order valence-corrected chi connectivity index (χ2v) is 3.80. The molecule has 0 bridgehead atoms. The number of amides is 1. The van der Waals surface area contributed by atoms with E-state index in [1.54, 1.807) is 7.11 Å². The summed E-state index contributed by atoms with van der Waals surface area (Å²) in [6, 6.07) is 5.77. The monoisotopic (exact) mass is 256 g/mol. The highest BCUT2D eigenvalue weighted by molar-refractivity contribution is 5.95. The van der Waals surface area contributed by atoms with E-state index in [1.165, 1.54) is 5.56 Å². The van der Waals surface area contributed by atoms with Gasteiger partial charge in [-0.05, 0) is 30.2 Å². The van der Waals surface area contributed by atoms with E-state index < -0.39 is 0 Å². The lowest BCUT2D eigenvalue weighted by Crippen LogP contribution is -2.26. The van der Waals surface area contributed by atoms with Crippen LogP contribution in [0.3, 0.4) is 0 Å². The highest BCUT2D eigenvalue weighted by Gasteiger charge is 2.12. The van der Waals surface area contributed by atoms with Crippen LogP contribution in [0.2, 0.25) is 0 Å². The van der Waals surface area contributed by atoms with Crippen molar-refractivity contribution in [3.8, 4) is 0 Å². The number of benzene rings is 1. The minimum absolute atomic E-state index is 0. The number of hydrogen-bond donors (Lipinski definition) is 2. The summed E-state index contributed by atoms with van der Waals surface area (Å²) in [5, 5.41) is 6.07. The maximum absolute atomic E-state index is 11.7. The largest absolute Gasteiger partial charge is 0.384 e. The molecule has 0 saturated heterocycles. The van der Waals surface area contributed by atoms with Gasteiger partial charge in [0.25, 0.3) is 5.91 Å². The zero-order valence-electron chi connectivity index (χ0n) is 9.79. The van der Waals surface area contributed by atoms with Gasteiger partial charge in [0.05, 0.1) is 6.61 Å². The van der Waals surface area contributed by atoms with Gasteiger partial charge < -0.3 is 15.4 Å². The summed E-state index contributed by atoms with van der Waals surface area (Å²) < 4.78 is 4.88. The molecule has 1 aliphatic rings. The Labute approximate surface area is 107 Å². The maximum atomic E-state index is 11.7. The number of anilines is 1. The molecule has 2 rings (SSSR count). The molecule has 0 aliphatic carbocycles. The van der Waals surface area contributed by atoms with Crippen LogP contribution < -0.4 is 10.6 Å². The zero-order chi connectivity index (χ0) is 11.4. The van der Waals surface area contributed by atoms with Crippen molar-refractivity contribution < 1.29 is 9.53 Å². The van der Waals surface area contributed by atoms with Gasteiger partial charge >= 0.3 is 0 Å². The van der Waals surface area contributed by atoms with Crippen LogP contribution in [-0.4, -0.2) is 32.7 Å². The number of nitrogens with one attached hydrogen (secondary N) is 2. The number of halogens is 1. The minimum atomic E-state index is -0.0354. The van der Waals surface area contributed by atoms with Crippen LogP contribution in [0.4, 0.5) is 5.69 Å². The summed E-state index contributed by atoms with van der Waals surface area (Å²) in [6.07, 6.45) is 0.995. The average molecular weight is 257 g/mol. The van der Waals surface area contributed by atoms with Crippen molar-refractivity contribution in [1.82, 2.24) is 5.32 Å². The lowest BCUT2D eigenvalue weighted by atomic mass is 10.1. The van der Waals surface area contributed by atoms with Gasteiger partial charge in [0.2, 0.25) is 0 Å². The Bertz CT molecular complexity index is 396. The third kappa shape index (κ3) is 3.35. The number of fused-ring (bicyclic) bond motifs is 1. The molecule has 17 heavy (non-hydrogen) atoms. The van der Waals surface area contributed by atoms with E-state index in [2.05, 4.69) is 10.6 Å². The van der Waals surface area contributed by atoms with Crippen molar-refractivity contribution >= 4 is 24.0 Å². The molecule has 0 atom stereocenters. The van der Waals surface area contributed by atoms with Crippen LogP contribution >= 0.6 is 12.4 Å². The van der Waals surface area contributed by atoms with Crippen molar-refractivity contribution in [2.45, 2.75) is 6.42 Å². The summed E-state index contributed by atoms with van der Waals surface area (Å²) in [5.74, 6) is -0.0354. The highest BCUT2D eigenvalue weighted by atomic mass is 35.5. The van der Waals surface area contributed by atoms with E-state index in [9.17, 15) is 4.79 Å². The number of carbonyl (C=O) groups is 1. The number of ether oxygens (including phenoxy) is 1. The van der Waals surface area contributed by atoms with E-state index >= 15 is 0 Å². The number of carbonyl (C=O) groups excluding carboxylic acids is 1. The van der Waals surface area contributed by atoms with Crippen molar-refractivity contribution in [3.63, 3.8) is 0 Å². The molecule has 4 nitrogen and oxygen atoms in total. The first-order valence-corrected chi connectivity index (χ1v) is 5.45. The molecule has 1 heterocycles. The van der Waals surface area contributed by atoms with Gasteiger partial charge in [-0.2, -0.15) is 0 Å². The molecule has 2 N–H and O–H groups in total. The fourth-order valence-corrected chi connectivity index (χ4v) is 1.81. The SMILES string of the molecule is COCCNC(=O)c1ccc2c(c1)CCN2.Cl. The van der Waals surface area contributed by atoms with Crippen LogP contribution in [-0.2, 0) is 11.2 Å². The van der Waals surface area contributed by atoms with Gasteiger partial charge in [-0.3, -0.25) is 4.79 Å². The Hall–Kier alpha value is -1.26. The van der Waals surface area contributed by atoms with Crippen LogP contribution in [0.15, 0.2) is 18.2 Å². The molecule has 0 spiro atoms. The number of methoxy groups -OCH3 is 1. The second-order valence-electron chi connectivity index (χ2n) is 3.80. The van der Waals surface area contributed by atoms with Crippen LogP contribution in [0.5, 0.6) is 0 Å². The standard InChI is InChI=1S/C12H16N2O2.ClH/c1-16-7-6-14-12(15)10-2-3-11-9(8-10)4-5-13-11;/h2-3,8,13H,4-7H2,1H3,(H,14,15);1H. The summed E-state index contributed by atoms with van der Waals surface area (Å²) in [6.45, 7) is 2.05. The number of rotatable bonds is 4. The molecule has 1 aromatic carbocycles. The fourth-order valence-electron chi connectivity index (χ4n) is 1.81. The molecule has 0 unspecified atom stereocenters. The molecule has 1 amide bonds. The van der Waals surface area contributed by atoms with Gasteiger partial charge in [-0.1, -0.05) is 0 Å². The Morgan fingerprint density at radius 1 is 1.53 bits per heavy atom. The molecule has 0 radical (unpaired) electrons. The third-order valence-corrected chi connectivity index (χ3v) is 2.67. The summed E-state index contributed by atoms with van der Waals surface area (Å²) in [7, 11) is 1.62. The molecule has 1 aromatic rings. The predicted octanol–water partition coefficient (Wildman–Crippen LogP) is 1.45. The lowest BCUT2D eigenvalue weighted by Gasteiger charge is -2.06. The van der Waals surface area contributed by atoms with Crippen LogP contribution in [0, 0.1) is 0 Å². The van der Waals surface area contributed by atoms with E-state index in [0.717, 1.165) is 24.2 Å². The molecule has 94 valence electrons. The van der Waals surface area contributed by atoms with Crippen molar-refractivity contribution in [2.75, 3.05) is 32.1 Å². The molecular weight excluding hydrogens is 240 g/mol. The summed E-state index contributed by atoms with van der Waals surface area (Å²) in [4.78, 5) is 11.7. The van der Waals surface area contributed by atoms with Crippen molar-refractivity contribution in [2.24, 2.45) is 0 Å². The Morgan fingerprint density at radius 3 is 3.12 bits per heavy atom. The Morgan fingerprint density at radius 2 is 2.35 bits per heavy atom. The van der Waals surface area contributed by atoms with Crippen LogP contribution in [0.25, 0.3) is 0 Å². The topological polar surface area (TPSA) is 50.4 Å². The minimum Gasteiger partial charge on any atom is -0.384 e. The molecule has 1 aliphatic heterocycles. The molecular formula is C12H17ClN2O2. The van der Waals surface area contributed by atoms with Gasteiger partial charge in [0.1, 0.15) is 0 Å². The van der Waals surface area contributed by atoms with Gasteiger partial charge in [-0.25, -0.2) is 0 Å². The van der Waals surface area contributed by atoms with Gasteiger partial charge in [0.15, 0.2) is 0 Å². The van der Waals surface area contributed by atoms with E-state index in [1.807, 2.05) is 18.2 Å². The normalized spacial score (nSPS) is 12.3. The molecule has 0 fully saturated rings. The predicted molar refractivity (Wildman–Crippen MR) is 70.1 cm³/mol. The molecule has 0 aromatic heterocycles. The van der Waals surface area contributed by atoms with Crippen LogP contribution in [0.1, 0.15) is 15.9 Å². The average Bonchev–Trinajstić information content (AvgIpc) is 2.76.